The predicted octanol–water partition coefficient (Wildman–Crippen LogP) is 6.97. The molecule has 11 heteroatoms. The van der Waals surface area contributed by atoms with Gasteiger partial charge < -0.3 is 4.90 Å². The number of hydrogen-bond donors (Lipinski definition) is 0. The van der Waals surface area contributed by atoms with Gasteiger partial charge in [0.1, 0.15) is 17.7 Å². The molecular weight excluding hydrogens is 455 g/mol. The van der Waals surface area contributed by atoms with Crippen molar-refractivity contribution in [1.82, 2.24) is 0 Å². The topological polar surface area (TPSA) is 50.8 Å². The molecule has 2 aromatic carbocycles. The van der Waals surface area contributed by atoms with Crippen LogP contribution in [-0.4, -0.2) is 0 Å². The molecule has 0 aliphatic rings. The SMILES string of the molecule is N#CC(C#N)=CN(Cc1c(Cl)cccc1Cl)c1cc(C(F)(F)F)cc(C(F)(F)F)c1. The van der Waals surface area contributed by atoms with Gasteiger partial charge in [0.15, 0.2) is 0 Å². The van der Waals surface area contributed by atoms with E-state index in [9.17, 15) is 26.3 Å². The van der Waals surface area contributed by atoms with E-state index in [0.29, 0.717) is 12.1 Å². The Kier molecular flexibility index (Phi) is 6.91. The van der Waals surface area contributed by atoms with Gasteiger partial charge in [0.2, 0.25) is 0 Å². The molecule has 0 aliphatic heterocycles. The first-order valence-electron chi connectivity index (χ1n) is 7.88. The largest absolute Gasteiger partial charge is 0.416 e. The lowest BCUT2D eigenvalue weighted by molar-refractivity contribution is -0.143. The lowest BCUT2D eigenvalue weighted by Gasteiger charge is -2.24. The Morgan fingerprint density at radius 1 is 0.900 bits per heavy atom. The molecule has 0 N–H and O–H groups in total. The minimum Gasteiger partial charge on any atom is -0.341 e. The van der Waals surface area contributed by atoms with E-state index in [-0.39, 0.29) is 21.7 Å². The minimum absolute atomic E-state index is 0.0244. The second-order valence-corrected chi connectivity index (χ2v) is 6.67. The molecule has 0 aromatic heterocycles. The summed E-state index contributed by atoms with van der Waals surface area (Å²) in [5, 5.41) is 18.2. The molecule has 3 nitrogen and oxygen atoms in total. The fourth-order valence-electron chi connectivity index (χ4n) is 2.41. The normalized spacial score (nSPS) is 11.4. The van der Waals surface area contributed by atoms with Crippen LogP contribution in [-0.2, 0) is 18.9 Å². The van der Waals surface area contributed by atoms with Gasteiger partial charge in [0.05, 0.1) is 17.7 Å². The summed E-state index contributed by atoms with van der Waals surface area (Å²) in [4.78, 5) is 0.874. The highest BCUT2D eigenvalue weighted by Crippen LogP contribution is 2.39. The molecule has 0 radical (unpaired) electrons. The molecule has 0 bridgehead atoms. The van der Waals surface area contributed by atoms with Gasteiger partial charge in [0.25, 0.3) is 0 Å². The smallest absolute Gasteiger partial charge is 0.341 e. The fourth-order valence-corrected chi connectivity index (χ4v) is 2.93. The zero-order valence-electron chi connectivity index (χ0n) is 14.6. The molecule has 0 unspecified atom stereocenters. The molecule has 0 spiro atoms. The van der Waals surface area contributed by atoms with Crippen LogP contribution >= 0.6 is 23.2 Å². The average molecular weight is 464 g/mol. The third-order valence-electron chi connectivity index (χ3n) is 3.82. The number of rotatable bonds is 4. The number of benzene rings is 2. The molecule has 0 saturated heterocycles. The maximum Gasteiger partial charge on any atom is 0.416 e. The van der Waals surface area contributed by atoms with Gasteiger partial charge in [-0.1, -0.05) is 29.3 Å². The molecule has 2 aromatic rings. The molecule has 2 rings (SSSR count). The van der Waals surface area contributed by atoms with Gasteiger partial charge in [-0.25, -0.2) is 0 Å². The van der Waals surface area contributed by atoms with Crippen LogP contribution in [0.4, 0.5) is 32.0 Å². The third-order valence-corrected chi connectivity index (χ3v) is 4.53. The van der Waals surface area contributed by atoms with Gasteiger partial charge in [-0.2, -0.15) is 36.9 Å². The maximum atomic E-state index is 13.2. The van der Waals surface area contributed by atoms with E-state index >= 15 is 0 Å². The van der Waals surface area contributed by atoms with E-state index in [0.717, 1.165) is 11.1 Å². The van der Waals surface area contributed by atoms with E-state index in [1.54, 1.807) is 0 Å². The number of anilines is 1. The Hall–Kier alpha value is -2.88. The van der Waals surface area contributed by atoms with Crippen LogP contribution in [0.25, 0.3) is 0 Å². The number of alkyl halides is 6. The first kappa shape index (κ1) is 23.4. The number of halogens is 8. The summed E-state index contributed by atoms with van der Waals surface area (Å²) >= 11 is 12.1. The van der Waals surface area contributed by atoms with E-state index in [1.165, 1.54) is 30.3 Å². The minimum atomic E-state index is -5.07. The molecule has 156 valence electrons. The van der Waals surface area contributed by atoms with Crippen molar-refractivity contribution in [1.29, 1.82) is 10.5 Å². The summed E-state index contributed by atoms with van der Waals surface area (Å²) in [7, 11) is 0. The standard InChI is InChI=1S/C19H9Cl2F6N3/c20-16-2-1-3-17(21)15(16)10-30(9-11(7-28)8-29)14-5-12(18(22,23)24)4-13(6-14)19(25,26)27/h1-6,9H,10H2. The van der Waals surface area contributed by atoms with Gasteiger partial charge >= 0.3 is 12.4 Å². The fraction of sp³-hybridized carbons (Fsp3) is 0.158. The van der Waals surface area contributed by atoms with Crippen LogP contribution in [0.15, 0.2) is 48.2 Å². The molecule has 0 atom stereocenters. The Bertz CT molecular complexity index is 993. The zero-order valence-corrected chi connectivity index (χ0v) is 16.1. The monoisotopic (exact) mass is 463 g/mol. The summed E-state index contributed by atoms with van der Waals surface area (Å²) in [6.45, 7) is -0.399. The number of nitriles is 2. The van der Waals surface area contributed by atoms with Crippen LogP contribution in [0, 0.1) is 22.7 Å². The van der Waals surface area contributed by atoms with Gasteiger partial charge in [-0.3, -0.25) is 0 Å². The van der Waals surface area contributed by atoms with Crippen LogP contribution < -0.4 is 4.90 Å². The van der Waals surface area contributed by atoms with Crippen LogP contribution in [0.2, 0.25) is 10.0 Å². The van der Waals surface area contributed by atoms with Crippen LogP contribution in [0.5, 0.6) is 0 Å². The highest BCUT2D eigenvalue weighted by molar-refractivity contribution is 6.36. The van der Waals surface area contributed by atoms with Crippen molar-refractivity contribution in [2.75, 3.05) is 4.90 Å². The highest BCUT2D eigenvalue weighted by atomic mass is 35.5. The maximum absolute atomic E-state index is 13.2. The van der Waals surface area contributed by atoms with Crippen molar-refractivity contribution < 1.29 is 26.3 Å². The number of nitrogens with zero attached hydrogens (tertiary/aromatic N) is 3. The molecule has 0 amide bonds. The lowest BCUT2D eigenvalue weighted by Crippen LogP contribution is -2.19. The van der Waals surface area contributed by atoms with Gasteiger partial charge in [-0.05, 0) is 30.3 Å². The molecule has 0 heterocycles. The van der Waals surface area contributed by atoms with E-state index < -0.39 is 41.3 Å². The quantitative estimate of drug-likeness (QED) is 0.363. The molecular formula is C19H9Cl2F6N3. The van der Waals surface area contributed by atoms with Crippen molar-refractivity contribution >= 4 is 28.9 Å². The van der Waals surface area contributed by atoms with Crippen molar-refractivity contribution in [3.8, 4) is 12.1 Å². The lowest BCUT2D eigenvalue weighted by atomic mass is 10.1. The number of hydrogen-bond acceptors (Lipinski definition) is 3. The zero-order chi connectivity index (χ0) is 22.7. The Morgan fingerprint density at radius 3 is 1.77 bits per heavy atom. The van der Waals surface area contributed by atoms with Crippen molar-refractivity contribution in [2.45, 2.75) is 18.9 Å². The third kappa shape index (κ3) is 5.59. The van der Waals surface area contributed by atoms with E-state index in [1.807, 2.05) is 0 Å². The second kappa shape index (κ2) is 8.86. The van der Waals surface area contributed by atoms with Crippen molar-refractivity contribution in [3.05, 3.63) is 74.9 Å². The van der Waals surface area contributed by atoms with Gasteiger partial charge in [0, 0.05) is 27.5 Å². The Balaban J connectivity index is 2.74. The Labute approximate surface area is 176 Å². The molecule has 30 heavy (non-hydrogen) atoms. The van der Waals surface area contributed by atoms with E-state index in [2.05, 4.69) is 0 Å². The summed E-state index contributed by atoms with van der Waals surface area (Å²) in [6, 6.07) is 8.28. The molecule has 0 fully saturated rings. The summed E-state index contributed by atoms with van der Waals surface area (Å²) in [5.41, 5.74) is -4.03. The summed E-state index contributed by atoms with van der Waals surface area (Å²) < 4.78 is 79.2. The average Bonchev–Trinajstić information content (AvgIpc) is 2.65. The first-order valence-corrected chi connectivity index (χ1v) is 8.63. The second-order valence-electron chi connectivity index (χ2n) is 5.86. The predicted molar refractivity (Wildman–Crippen MR) is 98.4 cm³/mol. The van der Waals surface area contributed by atoms with Crippen molar-refractivity contribution in [2.24, 2.45) is 0 Å². The highest BCUT2D eigenvalue weighted by Gasteiger charge is 2.37. The summed E-state index contributed by atoms with van der Waals surface area (Å²) in [5.74, 6) is 0. The van der Waals surface area contributed by atoms with Gasteiger partial charge in [-0.15, -0.1) is 0 Å². The number of allylic oxidation sites excluding steroid dienone is 1. The van der Waals surface area contributed by atoms with Crippen LogP contribution in [0.1, 0.15) is 16.7 Å². The summed E-state index contributed by atoms with van der Waals surface area (Å²) in [6.07, 6.45) is -9.31. The van der Waals surface area contributed by atoms with Crippen molar-refractivity contribution in [3.63, 3.8) is 0 Å². The first-order chi connectivity index (χ1) is 13.9. The molecule has 0 saturated carbocycles. The molecule has 0 aliphatic carbocycles. The van der Waals surface area contributed by atoms with E-state index in [4.69, 9.17) is 33.7 Å². The Morgan fingerprint density at radius 2 is 1.37 bits per heavy atom. The van der Waals surface area contributed by atoms with Crippen LogP contribution in [0.3, 0.4) is 0 Å².